The molecule has 0 radical (unpaired) electrons. The summed E-state index contributed by atoms with van der Waals surface area (Å²) in [5.74, 6) is -1.14. The first-order valence-electron chi connectivity index (χ1n) is 5.82. The summed E-state index contributed by atoms with van der Waals surface area (Å²) >= 11 is 0. The SMILES string of the molecule is CCOCCCn1c(N)nc2c(F)cc(F)cc21. The Hall–Kier alpha value is -1.69. The fourth-order valence-electron chi connectivity index (χ4n) is 1.87. The Morgan fingerprint density at radius 3 is 2.89 bits per heavy atom. The van der Waals surface area contributed by atoms with Gasteiger partial charge in [0.2, 0.25) is 5.95 Å². The van der Waals surface area contributed by atoms with Crippen molar-refractivity contribution in [1.82, 2.24) is 9.55 Å². The standard InChI is InChI=1S/C12H15F2N3O/c1-2-18-5-3-4-17-10-7-8(13)6-9(14)11(10)16-12(17)15/h6-7H,2-5H2,1H3,(H2,15,16). The Kier molecular flexibility index (Phi) is 3.76. The van der Waals surface area contributed by atoms with Gasteiger partial charge in [0, 0.05) is 31.9 Å². The van der Waals surface area contributed by atoms with E-state index < -0.39 is 11.6 Å². The Bertz CT molecular complexity index is 554. The molecule has 4 nitrogen and oxygen atoms in total. The number of rotatable bonds is 5. The second-order valence-corrected chi connectivity index (χ2v) is 3.93. The van der Waals surface area contributed by atoms with Gasteiger partial charge in [-0.2, -0.15) is 0 Å². The van der Waals surface area contributed by atoms with Crippen molar-refractivity contribution >= 4 is 17.0 Å². The highest BCUT2D eigenvalue weighted by atomic mass is 19.1. The Morgan fingerprint density at radius 2 is 2.17 bits per heavy atom. The molecule has 0 aliphatic rings. The highest BCUT2D eigenvalue weighted by Crippen LogP contribution is 2.22. The van der Waals surface area contributed by atoms with Crippen molar-refractivity contribution in [2.45, 2.75) is 19.9 Å². The molecule has 0 unspecified atom stereocenters. The molecule has 98 valence electrons. The molecule has 6 heteroatoms. The second kappa shape index (κ2) is 5.30. The van der Waals surface area contributed by atoms with Crippen LogP contribution in [-0.4, -0.2) is 22.8 Å². The summed E-state index contributed by atoms with van der Waals surface area (Å²) in [5, 5.41) is 0. The van der Waals surface area contributed by atoms with E-state index in [4.69, 9.17) is 10.5 Å². The van der Waals surface area contributed by atoms with E-state index in [9.17, 15) is 8.78 Å². The average Bonchev–Trinajstić information content (AvgIpc) is 2.62. The summed E-state index contributed by atoms with van der Waals surface area (Å²) in [6, 6.07) is 2.04. The van der Waals surface area contributed by atoms with Crippen molar-refractivity contribution < 1.29 is 13.5 Å². The lowest BCUT2D eigenvalue weighted by Crippen LogP contribution is -2.06. The quantitative estimate of drug-likeness (QED) is 0.834. The van der Waals surface area contributed by atoms with Crippen LogP contribution in [0.1, 0.15) is 13.3 Å². The van der Waals surface area contributed by atoms with Gasteiger partial charge in [-0.05, 0) is 13.3 Å². The maximum atomic E-state index is 13.5. The number of anilines is 1. The number of hydrogen-bond donors (Lipinski definition) is 1. The summed E-state index contributed by atoms with van der Waals surface area (Å²) in [6.07, 6.45) is 0.710. The number of aromatic nitrogens is 2. The van der Waals surface area contributed by atoms with Gasteiger partial charge in [-0.15, -0.1) is 0 Å². The van der Waals surface area contributed by atoms with E-state index in [-0.39, 0.29) is 11.5 Å². The second-order valence-electron chi connectivity index (χ2n) is 3.93. The van der Waals surface area contributed by atoms with Crippen molar-refractivity contribution in [3.05, 3.63) is 23.8 Å². The van der Waals surface area contributed by atoms with Crippen LogP contribution in [0.2, 0.25) is 0 Å². The van der Waals surface area contributed by atoms with Crippen LogP contribution in [0.5, 0.6) is 0 Å². The molecule has 1 aromatic carbocycles. The van der Waals surface area contributed by atoms with E-state index in [1.807, 2.05) is 6.92 Å². The van der Waals surface area contributed by atoms with Gasteiger partial charge < -0.3 is 15.0 Å². The summed E-state index contributed by atoms with van der Waals surface area (Å²) in [4.78, 5) is 3.91. The monoisotopic (exact) mass is 255 g/mol. The number of imidazole rings is 1. The highest BCUT2D eigenvalue weighted by molar-refractivity contribution is 5.79. The first kappa shape index (κ1) is 12.8. The predicted molar refractivity (Wildman–Crippen MR) is 65.2 cm³/mol. The van der Waals surface area contributed by atoms with Gasteiger partial charge >= 0.3 is 0 Å². The summed E-state index contributed by atoms with van der Waals surface area (Å²) < 4.78 is 33.5. The van der Waals surface area contributed by atoms with Gasteiger partial charge in [0.1, 0.15) is 11.3 Å². The molecule has 0 fully saturated rings. The summed E-state index contributed by atoms with van der Waals surface area (Å²) in [6.45, 7) is 3.65. The molecule has 2 rings (SSSR count). The normalized spacial score (nSPS) is 11.3. The fraction of sp³-hybridized carbons (Fsp3) is 0.417. The Labute approximate surface area is 103 Å². The average molecular weight is 255 g/mol. The molecule has 0 saturated heterocycles. The molecular weight excluding hydrogens is 240 g/mol. The minimum Gasteiger partial charge on any atom is -0.382 e. The molecule has 1 heterocycles. The highest BCUT2D eigenvalue weighted by Gasteiger charge is 2.13. The molecule has 0 atom stereocenters. The lowest BCUT2D eigenvalue weighted by molar-refractivity contribution is 0.142. The number of nitrogen functional groups attached to an aromatic ring is 1. The van der Waals surface area contributed by atoms with E-state index >= 15 is 0 Å². The minimum absolute atomic E-state index is 0.102. The number of nitrogens with zero attached hydrogens (tertiary/aromatic N) is 2. The zero-order valence-electron chi connectivity index (χ0n) is 10.1. The van der Waals surface area contributed by atoms with Crippen LogP contribution in [0.25, 0.3) is 11.0 Å². The largest absolute Gasteiger partial charge is 0.382 e. The molecule has 0 aliphatic heterocycles. The minimum atomic E-state index is -0.694. The van der Waals surface area contributed by atoms with Gasteiger partial charge in [0.15, 0.2) is 5.82 Å². The molecule has 18 heavy (non-hydrogen) atoms. The first-order valence-corrected chi connectivity index (χ1v) is 5.82. The lowest BCUT2D eigenvalue weighted by Gasteiger charge is -2.06. The van der Waals surface area contributed by atoms with Crippen LogP contribution in [0.4, 0.5) is 14.7 Å². The topological polar surface area (TPSA) is 53.1 Å². The molecule has 0 amide bonds. The number of aryl methyl sites for hydroxylation is 1. The van der Waals surface area contributed by atoms with Gasteiger partial charge in [-0.25, -0.2) is 13.8 Å². The van der Waals surface area contributed by atoms with Crippen LogP contribution in [0, 0.1) is 11.6 Å². The van der Waals surface area contributed by atoms with Crippen LogP contribution in [0.3, 0.4) is 0 Å². The maximum absolute atomic E-state index is 13.5. The smallest absolute Gasteiger partial charge is 0.201 e. The summed E-state index contributed by atoms with van der Waals surface area (Å²) in [5.41, 5.74) is 6.19. The third kappa shape index (κ3) is 2.43. The van der Waals surface area contributed by atoms with Crippen molar-refractivity contribution in [2.24, 2.45) is 0 Å². The van der Waals surface area contributed by atoms with Gasteiger partial charge in [-0.1, -0.05) is 0 Å². The van der Waals surface area contributed by atoms with Crippen LogP contribution < -0.4 is 5.73 Å². The molecule has 0 aliphatic carbocycles. The molecule has 1 aromatic heterocycles. The molecule has 2 N–H and O–H groups in total. The summed E-state index contributed by atoms with van der Waals surface area (Å²) in [7, 11) is 0. The molecule has 0 spiro atoms. The van der Waals surface area contributed by atoms with E-state index in [1.165, 1.54) is 6.07 Å². The van der Waals surface area contributed by atoms with Gasteiger partial charge in [0.05, 0.1) is 5.52 Å². The van der Waals surface area contributed by atoms with Crippen LogP contribution >= 0.6 is 0 Å². The molecule has 0 bridgehead atoms. The van der Waals surface area contributed by atoms with Crippen molar-refractivity contribution in [3.8, 4) is 0 Å². The number of halogens is 2. The molecule has 0 saturated carbocycles. The predicted octanol–water partition coefficient (Wildman–Crippen LogP) is 2.32. The van der Waals surface area contributed by atoms with Crippen molar-refractivity contribution in [2.75, 3.05) is 18.9 Å². The third-order valence-electron chi connectivity index (χ3n) is 2.68. The zero-order chi connectivity index (χ0) is 13.1. The fourth-order valence-corrected chi connectivity index (χ4v) is 1.87. The van der Waals surface area contributed by atoms with E-state index in [0.29, 0.717) is 31.7 Å². The first-order chi connectivity index (χ1) is 8.63. The van der Waals surface area contributed by atoms with Gasteiger partial charge in [-0.3, -0.25) is 0 Å². The Morgan fingerprint density at radius 1 is 1.39 bits per heavy atom. The maximum Gasteiger partial charge on any atom is 0.201 e. The van der Waals surface area contributed by atoms with Gasteiger partial charge in [0.25, 0.3) is 0 Å². The number of fused-ring (bicyclic) bond motifs is 1. The van der Waals surface area contributed by atoms with Crippen LogP contribution in [-0.2, 0) is 11.3 Å². The van der Waals surface area contributed by atoms with Crippen molar-refractivity contribution in [1.29, 1.82) is 0 Å². The zero-order valence-corrected chi connectivity index (χ0v) is 10.1. The molecular formula is C12H15F2N3O. The number of benzene rings is 1. The molecule has 2 aromatic rings. The van der Waals surface area contributed by atoms with E-state index in [2.05, 4.69) is 4.98 Å². The number of nitrogens with two attached hydrogens (primary N) is 1. The number of hydrogen-bond acceptors (Lipinski definition) is 3. The van der Waals surface area contributed by atoms with Crippen molar-refractivity contribution in [3.63, 3.8) is 0 Å². The van der Waals surface area contributed by atoms with E-state index in [1.54, 1.807) is 4.57 Å². The van der Waals surface area contributed by atoms with E-state index in [0.717, 1.165) is 6.07 Å². The van der Waals surface area contributed by atoms with Crippen LogP contribution in [0.15, 0.2) is 12.1 Å². The third-order valence-corrected chi connectivity index (χ3v) is 2.68. The Balaban J connectivity index is 2.29. The lowest BCUT2D eigenvalue weighted by atomic mass is 10.3. The number of ether oxygens (including phenoxy) is 1.